The molecule has 0 radical (unpaired) electrons. The Balaban J connectivity index is 3.80. The van der Waals surface area contributed by atoms with Crippen LogP contribution in [0.3, 0.4) is 0 Å². The number of carbonyl (C=O) groups is 1. The zero-order valence-corrected chi connectivity index (χ0v) is 6.88. The minimum Gasteiger partial charge on any atom is -0.346 e. The van der Waals surface area contributed by atoms with E-state index in [1.807, 2.05) is 0 Å². The molecule has 5 heteroatoms. The Hall–Kier alpha value is -1.13. The van der Waals surface area contributed by atoms with Crippen molar-refractivity contribution in [2.75, 3.05) is 6.54 Å². The predicted molar refractivity (Wildman–Crippen MR) is 39.8 cm³/mol. The third-order valence-corrected chi connectivity index (χ3v) is 0.787. The maximum Gasteiger partial charge on any atom is 0.292 e. The van der Waals surface area contributed by atoms with Crippen LogP contribution in [-0.4, -0.2) is 22.9 Å². The number of rotatable bonds is 2. The Bertz CT molecular complexity index is 171. The fourth-order valence-electron chi connectivity index (χ4n) is 0.575. The van der Waals surface area contributed by atoms with Crippen LogP contribution in [0, 0.1) is 10.1 Å². The van der Waals surface area contributed by atoms with Gasteiger partial charge in [-0.15, -0.1) is 0 Å². The van der Waals surface area contributed by atoms with Crippen LogP contribution in [0.4, 0.5) is 0 Å². The predicted octanol–water partition coefficient (Wildman–Crippen LogP) is 0.178. The molecule has 0 aliphatic heterocycles. The van der Waals surface area contributed by atoms with E-state index in [1.54, 1.807) is 20.8 Å². The van der Waals surface area contributed by atoms with Crippen molar-refractivity contribution in [2.45, 2.75) is 26.3 Å². The molecule has 0 rings (SSSR count). The number of amides is 1. The van der Waals surface area contributed by atoms with Gasteiger partial charge in [0.25, 0.3) is 12.5 Å². The molecule has 11 heavy (non-hydrogen) atoms. The van der Waals surface area contributed by atoms with E-state index in [2.05, 4.69) is 5.32 Å². The van der Waals surface area contributed by atoms with Crippen molar-refractivity contribution in [3.8, 4) is 0 Å². The lowest BCUT2D eigenvalue weighted by molar-refractivity contribution is -0.467. The summed E-state index contributed by atoms with van der Waals surface area (Å²) in [7, 11) is 0. The van der Waals surface area contributed by atoms with E-state index in [1.165, 1.54) is 0 Å². The monoisotopic (exact) mass is 160 g/mol. The Morgan fingerprint density at radius 3 is 2.27 bits per heavy atom. The average molecular weight is 160 g/mol. The number of nitrogens with zero attached hydrogens (tertiary/aromatic N) is 1. The minimum absolute atomic E-state index is 0.396. The van der Waals surface area contributed by atoms with Crippen LogP contribution in [0.15, 0.2) is 0 Å². The lowest BCUT2D eigenvalue weighted by atomic mass is 10.1. The summed E-state index contributed by atoms with van der Waals surface area (Å²) in [6.07, 6.45) is 0. The van der Waals surface area contributed by atoms with Gasteiger partial charge in [0.05, 0.1) is 0 Å². The number of nitrogens with one attached hydrogen (secondary N) is 1. The molecule has 0 aromatic heterocycles. The van der Waals surface area contributed by atoms with Crippen LogP contribution in [0.5, 0.6) is 0 Å². The van der Waals surface area contributed by atoms with E-state index in [0.29, 0.717) is 0 Å². The fourth-order valence-corrected chi connectivity index (χ4v) is 0.575. The first-order valence-corrected chi connectivity index (χ1v) is 3.24. The normalized spacial score (nSPS) is 10.8. The van der Waals surface area contributed by atoms with E-state index in [4.69, 9.17) is 0 Å². The average Bonchev–Trinajstić information content (AvgIpc) is 1.53. The molecule has 0 aromatic carbocycles. The molecular formula is C6H12N2O3. The van der Waals surface area contributed by atoms with Crippen LogP contribution in [0.2, 0.25) is 0 Å². The summed E-state index contributed by atoms with van der Waals surface area (Å²) in [5, 5.41) is 12.3. The Morgan fingerprint density at radius 1 is 1.55 bits per heavy atom. The molecule has 5 nitrogen and oxygen atoms in total. The zero-order chi connectivity index (χ0) is 9.07. The molecule has 0 saturated carbocycles. The molecule has 0 aliphatic rings. The molecule has 1 amide bonds. The largest absolute Gasteiger partial charge is 0.346 e. The minimum atomic E-state index is -0.655. The van der Waals surface area contributed by atoms with Crippen molar-refractivity contribution >= 4 is 5.91 Å². The lowest BCUT2D eigenvalue weighted by Gasteiger charge is -2.18. The van der Waals surface area contributed by atoms with E-state index in [9.17, 15) is 14.9 Å². The van der Waals surface area contributed by atoms with Gasteiger partial charge < -0.3 is 5.32 Å². The van der Waals surface area contributed by atoms with E-state index in [0.717, 1.165) is 0 Å². The molecule has 0 bridgehead atoms. The number of nitro groups is 1. The first-order chi connectivity index (χ1) is 4.81. The van der Waals surface area contributed by atoms with Crippen molar-refractivity contribution in [1.29, 1.82) is 0 Å². The highest BCUT2D eigenvalue weighted by atomic mass is 16.6. The Kier molecular flexibility index (Phi) is 2.98. The second-order valence-electron chi connectivity index (χ2n) is 3.29. The quantitative estimate of drug-likeness (QED) is 0.462. The summed E-state index contributed by atoms with van der Waals surface area (Å²) < 4.78 is 0. The van der Waals surface area contributed by atoms with Crippen molar-refractivity contribution in [1.82, 2.24) is 5.32 Å². The molecule has 0 saturated heterocycles. The van der Waals surface area contributed by atoms with Gasteiger partial charge in [-0.05, 0) is 20.8 Å². The molecule has 0 spiro atoms. The van der Waals surface area contributed by atoms with Gasteiger partial charge in [-0.3, -0.25) is 14.9 Å². The van der Waals surface area contributed by atoms with Gasteiger partial charge in [0.1, 0.15) is 0 Å². The van der Waals surface area contributed by atoms with Gasteiger partial charge in [-0.1, -0.05) is 0 Å². The van der Waals surface area contributed by atoms with E-state index >= 15 is 0 Å². The maximum atomic E-state index is 10.7. The SMILES string of the molecule is CC(C)(C)NC(=O)C[N+](=O)[O-]. The number of carbonyl (C=O) groups excluding carboxylic acids is 1. The first-order valence-electron chi connectivity index (χ1n) is 3.24. The van der Waals surface area contributed by atoms with Gasteiger partial charge >= 0.3 is 0 Å². The van der Waals surface area contributed by atoms with Gasteiger partial charge in [-0.2, -0.15) is 0 Å². The van der Waals surface area contributed by atoms with Crippen molar-refractivity contribution in [3.63, 3.8) is 0 Å². The topological polar surface area (TPSA) is 72.2 Å². The van der Waals surface area contributed by atoms with Crippen molar-refractivity contribution in [2.24, 2.45) is 0 Å². The lowest BCUT2D eigenvalue weighted by Crippen LogP contribution is -2.43. The van der Waals surface area contributed by atoms with E-state index < -0.39 is 22.9 Å². The molecule has 0 aliphatic carbocycles. The molecule has 64 valence electrons. The second-order valence-corrected chi connectivity index (χ2v) is 3.29. The van der Waals surface area contributed by atoms with Crippen LogP contribution < -0.4 is 5.32 Å². The van der Waals surface area contributed by atoms with Gasteiger partial charge in [0, 0.05) is 10.5 Å². The van der Waals surface area contributed by atoms with Gasteiger partial charge in [-0.25, -0.2) is 0 Å². The van der Waals surface area contributed by atoms with Crippen LogP contribution >= 0.6 is 0 Å². The highest BCUT2D eigenvalue weighted by molar-refractivity contribution is 5.77. The summed E-state index contributed by atoms with van der Waals surface area (Å²) >= 11 is 0. The summed E-state index contributed by atoms with van der Waals surface area (Å²) in [5.74, 6) is -0.553. The van der Waals surface area contributed by atoms with Gasteiger partial charge in [0.15, 0.2) is 0 Å². The highest BCUT2D eigenvalue weighted by Crippen LogP contribution is 1.97. The summed E-state index contributed by atoms with van der Waals surface area (Å²) in [6.45, 7) is 4.65. The number of hydrogen-bond donors (Lipinski definition) is 1. The molecule has 0 heterocycles. The first kappa shape index (κ1) is 9.87. The molecule has 0 aromatic rings. The third kappa shape index (κ3) is 6.76. The molecule has 0 fully saturated rings. The standard InChI is InChI=1S/C6H12N2O3/c1-6(2,3)7-5(9)4-8(10)11/h4H2,1-3H3,(H,7,9). The second kappa shape index (κ2) is 3.32. The molecular weight excluding hydrogens is 148 g/mol. The fraction of sp³-hybridized carbons (Fsp3) is 0.833. The molecule has 0 atom stereocenters. The van der Waals surface area contributed by atoms with Crippen molar-refractivity contribution in [3.05, 3.63) is 10.1 Å². The maximum absolute atomic E-state index is 10.7. The summed E-state index contributed by atoms with van der Waals surface area (Å²) in [6, 6.07) is 0. The third-order valence-electron chi connectivity index (χ3n) is 0.787. The number of hydrogen-bond acceptors (Lipinski definition) is 3. The molecule has 1 N–H and O–H groups in total. The van der Waals surface area contributed by atoms with Gasteiger partial charge in [0.2, 0.25) is 0 Å². The summed E-state index contributed by atoms with van der Waals surface area (Å²) in [5.41, 5.74) is -0.396. The molecule has 0 unspecified atom stereocenters. The summed E-state index contributed by atoms with van der Waals surface area (Å²) in [4.78, 5) is 19.9. The smallest absolute Gasteiger partial charge is 0.292 e. The van der Waals surface area contributed by atoms with Crippen molar-refractivity contribution < 1.29 is 9.72 Å². The van der Waals surface area contributed by atoms with E-state index in [-0.39, 0.29) is 0 Å². The van der Waals surface area contributed by atoms with Crippen LogP contribution in [-0.2, 0) is 4.79 Å². The Morgan fingerprint density at radius 2 is 2.00 bits per heavy atom. The zero-order valence-electron chi connectivity index (χ0n) is 6.88. The Labute approximate surface area is 64.9 Å². The van der Waals surface area contributed by atoms with Crippen LogP contribution in [0.1, 0.15) is 20.8 Å². The highest BCUT2D eigenvalue weighted by Gasteiger charge is 2.16. The van der Waals surface area contributed by atoms with Crippen LogP contribution in [0.25, 0.3) is 0 Å².